The summed E-state index contributed by atoms with van der Waals surface area (Å²) in [6, 6.07) is 17.9. The fourth-order valence-electron chi connectivity index (χ4n) is 3.73. The van der Waals surface area contributed by atoms with E-state index in [2.05, 4.69) is 23.2 Å². The number of hydrogen-bond acceptors (Lipinski definition) is 4. The molecule has 1 fully saturated rings. The molecule has 0 bridgehead atoms. The van der Waals surface area contributed by atoms with Gasteiger partial charge in [-0.05, 0) is 50.1 Å². The molecule has 28 heavy (non-hydrogen) atoms. The van der Waals surface area contributed by atoms with Crippen LogP contribution in [-0.4, -0.2) is 36.5 Å². The van der Waals surface area contributed by atoms with Gasteiger partial charge in [-0.1, -0.05) is 49.4 Å². The Morgan fingerprint density at radius 2 is 1.93 bits per heavy atom. The topological polar surface area (TPSA) is 56.1 Å². The van der Waals surface area contributed by atoms with Gasteiger partial charge in [0.25, 0.3) is 5.91 Å². The van der Waals surface area contributed by atoms with Crippen molar-refractivity contribution in [3.63, 3.8) is 0 Å². The molecule has 1 saturated heterocycles. The maximum atomic E-state index is 12.8. The van der Waals surface area contributed by atoms with Crippen molar-refractivity contribution in [3.8, 4) is 6.07 Å². The fraction of sp³-hybridized carbons (Fsp3) is 0.391. The number of amides is 1. The highest BCUT2D eigenvalue weighted by Crippen LogP contribution is 2.32. The standard InChI is InChI=1S/C23H27N3OS/c1-2-19-10-7-8-15-26(19)16-14-25-23(27)20-11-4-6-13-22(20)28-21-12-5-3-9-18(21)17-24/h3-6,9,11-13,19H,2,7-8,10,14-16H2,1H3,(H,25,27). The molecule has 3 rings (SSSR count). The molecule has 5 heteroatoms. The van der Waals surface area contributed by atoms with Gasteiger partial charge < -0.3 is 5.32 Å². The summed E-state index contributed by atoms with van der Waals surface area (Å²) in [6.07, 6.45) is 5.01. The highest BCUT2D eigenvalue weighted by atomic mass is 32.2. The van der Waals surface area contributed by atoms with E-state index in [1.165, 1.54) is 37.4 Å². The van der Waals surface area contributed by atoms with Gasteiger partial charge in [-0.25, -0.2) is 0 Å². The lowest BCUT2D eigenvalue weighted by Crippen LogP contribution is -2.43. The first-order chi connectivity index (χ1) is 13.7. The van der Waals surface area contributed by atoms with Crippen LogP contribution in [0.15, 0.2) is 58.3 Å². The Kier molecular flexibility index (Phi) is 7.53. The predicted octanol–water partition coefficient (Wildman–Crippen LogP) is 4.70. The number of nitrogens with one attached hydrogen (secondary N) is 1. The molecule has 146 valence electrons. The van der Waals surface area contributed by atoms with Crippen LogP contribution in [0.5, 0.6) is 0 Å². The number of benzene rings is 2. The van der Waals surface area contributed by atoms with Crippen molar-refractivity contribution in [1.82, 2.24) is 10.2 Å². The maximum absolute atomic E-state index is 12.8. The van der Waals surface area contributed by atoms with E-state index in [1.54, 1.807) is 6.07 Å². The summed E-state index contributed by atoms with van der Waals surface area (Å²) in [4.78, 5) is 17.0. The van der Waals surface area contributed by atoms with Crippen molar-refractivity contribution in [3.05, 3.63) is 59.7 Å². The van der Waals surface area contributed by atoms with Crippen molar-refractivity contribution in [2.24, 2.45) is 0 Å². The van der Waals surface area contributed by atoms with Crippen LogP contribution in [0, 0.1) is 11.3 Å². The maximum Gasteiger partial charge on any atom is 0.252 e. The average Bonchev–Trinajstić information content (AvgIpc) is 2.74. The van der Waals surface area contributed by atoms with Gasteiger partial charge in [0, 0.05) is 28.9 Å². The molecular formula is C23H27N3OS. The number of carbonyl (C=O) groups excluding carboxylic acids is 1. The fourth-order valence-corrected chi connectivity index (χ4v) is 4.76. The minimum Gasteiger partial charge on any atom is -0.351 e. The summed E-state index contributed by atoms with van der Waals surface area (Å²) >= 11 is 1.47. The largest absolute Gasteiger partial charge is 0.351 e. The first-order valence-corrected chi connectivity index (χ1v) is 10.8. The molecule has 1 N–H and O–H groups in total. The Morgan fingerprint density at radius 1 is 1.18 bits per heavy atom. The number of nitriles is 1. The molecule has 0 radical (unpaired) electrons. The van der Waals surface area contributed by atoms with Crippen LogP contribution in [0.4, 0.5) is 0 Å². The molecule has 2 aromatic carbocycles. The monoisotopic (exact) mass is 393 g/mol. The molecule has 0 aromatic heterocycles. The third kappa shape index (κ3) is 5.15. The van der Waals surface area contributed by atoms with Crippen LogP contribution in [0.2, 0.25) is 0 Å². The zero-order valence-corrected chi connectivity index (χ0v) is 17.2. The van der Waals surface area contributed by atoms with Crippen LogP contribution in [-0.2, 0) is 0 Å². The Labute approximate surface area is 171 Å². The lowest BCUT2D eigenvalue weighted by atomic mass is 10.0. The number of rotatable bonds is 7. The molecule has 0 saturated carbocycles. The Balaban J connectivity index is 1.63. The molecule has 1 atom stereocenters. The third-order valence-electron chi connectivity index (χ3n) is 5.26. The van der Waals surface area contributed by atoms with Crippen molar-refractivity contribution >= 4 is 17.7 Å². The van der Waals surface area contributed by atoms with E-state index in [-0.39, 0.29) is 5.91 Å². The van der Waals surface area contributed by atoms with E-state index >= 15 is 0 Å². The van der Waals surface area contributed by atoms with Gasteiger partial charge in [0.15, 0.2) is 0 Å². The number of nitrogens with zero attached hydrogens (tertiary/aromatic N) is 2. The summed E-state index contributed by atoms with van der Waals surface area (Å²) in [5, 5.41) is 12.4. The van der Waals surface area contributed by atoms with E-state index < -0.39 is 0 Å². The molecule has 0 aliphatic carbocycles. The van der Waals surface area contributed by atoms with E-state index in [4.69, 9.17) is 0 Å². The molecule has 1 aliphatic heterocycles. The van der Waals surface area contributed by atoms with Gasteiger partial charge in [-0.2, -0.15) is 5.26 Å². The van der Waals surface area contributed by atoms with E-state index in [9.17, 15) is 10.1 Å². The van der Waals surface area contributed by atoms with Gasteiger partial charge in [-0.3, -0.25) is 9.69 Å². The van der Waals surface area contributed by atoms with Crippen molar-refractivity contribution in [2.45, 2.75) is 48.4 Å². The van der Waals surface area contributed by atoms with E-state index in [1.807, 2.05) is 42.5 Å². The second kappa shape index (κ2) is 10.3. The molecule has 1 amide bonds. The number of hydrogen-bond donors (Lipinski definition) is 1. The summed E-state index contributed by atoms with van der Waals surface area (Å²) < 4.78 is 0. The summed E-state index contributed by atoms with van der Waals surface area (Å²) in [5.74, 6) is -0.0532. The smallest absolute Gasteiger partial charge is 0.252 e. The second-order valence-corrected chi connectivity index (χ2v) is 8.14. The van der Waals surface area contributed by atoms with Gasteiger partial charge in [0.2, 0.25) is 0 Å². The third-order valence-corrected chi connectivity index (χ3v) is 6.42. The summed E-state index contributed by atoms with van der Waals surface area (Å²) in [5.41, 5.74) is 1.28. The average molecular weight is 394 g/mol. The number of likely N-dealkylation sites (tertiary alicyclic amines) is 1. The molecular weight excluding hydrogens is 366 g/mol. The molecule has 1 unspecified atom stereocenters. The van der Waals surface area contributed by atoms with Crippen molar-refractivity contribution in [2.75, 3.05) is 19.6 Å². The molecule has 4 nitrogen and oxygen atoms in total. The van der Waals surface area contributed by atoms with Crippen LogP contribution in [0.25, 0.3) is 0 Å². The Bertz CT molecular complexity index is 846. The minimum absolute atomic E-state index is 0.0532. The van der Waals surface area contributed by atoms with Gasteiger partial charge in [-0.15, -0.1) is 0 Å². The Hall–Kier alpha value is -2.29. The van der Waals surface area contributed by atoms with Gasteiger partial charge in [0.1, 0.15) is 6.07 Å². The number of piperidine rings is 1. The SMILES string of the molecule is CCC1CCCCN1CCNC(=O)c1ccccc1Sc1ccccc1C#N. The van der Waals surface area contributed by atoms with Crippen LogP contribution in [0.3, 0.4) is 0 Å². The molecule has 1 aliphatic rings. The summed E-state index contributed by atoms with van der Waals surface area (Å²) in [7, 11) is 0. The first-order valence-electron chi connectivity index (χ1n) is 10.0. The number of carbonyl (C=O) groups is 1. The van der Waals surface area contributed by atoms with Crippen molar-refractivity contribution in [1.29, 1.82) is 5.26 Å². The van der Waals surface area contributed by atoms with Crippen molar-refractivity contribution < 1.29 is 4.79 Å². The lowest BCUT2D eigenvalue weighted by molar-refractivity contribution is 0.0931. The van der Waals surface area contributed by atoms with E-state index in [0.717, 1.165) is 22.9 Å². The minimum atomic E-state index is -0.0532. The molecule has 2 aromatic rings. The second-order valence-electron chi connectivity index (χ2n) is 7.06. The normalized spacial score (nSPS) is 17.1. The van der Waals surface area contributed by atoms with Gasteiger partial charge >= 0.3 is 0 Å². The zero-order chi connectivity index (χ0) is 19.8. The van der Waals surface area contributed by atoms with Crippen LogP contribution < -0.4 is 5.32 Å². The lowest BCUT2D eigenvalue weighted by Gasteiger charge is -2.35. The van der Waals surface area contributed by atoms with E-state index in [0.29, 0.717) is 23.7 Å². The highest BCUT2D eigenvalue weighted by Gasteiger charge is 2.20. The zero-order valence-electron chi connectivity index (χ0n) is 16.4. The summed E-state index contributed by atoms with van der Waals surface area (Å²) in [6.45, 7) is 4.93. The predicted molar refractivity (Wildman–Crippen MR) is 114 cm³/mol. The Morgan fingerprint density at radius 3 is 2.71 bits per heavy atom. The van der Waals surface area contributed by atoms with Gasteiger partial charge in [0.05, 0.1) is 11.1 Å². The highest BCUT2D eigenvalue weighted by molar-refractivity contribution is 7.99. The first kappa shape index (κ1) is 20.4. The van der Waals surface area contributed by atoms with Crippen LogP contribution in [0.1, 0.15) is 48.5 Å². The molecule has 0 spiro atoms. The van der Waals surface area contributed by atoms with Crippen LogP contribution >= 0.6 is 11.8 Å². The quantitative estimate of drug-likeness (QED) is 0.740. The molecule has 1 heterocycles.